The summed E-state index contributed by atoms with van der Waals surface area (Å²) < 4.78 is 32.2. The number of halogens is 1. The molecule has 1 heterocycles. The predicted molar refractivity (Wildman–Crippen MR) is 107 cm³/mol. The van der Waals surface area contributed by atoms with Crippen molar-refractivity contribution in [2.24, 2.45) is 5.92 Å². The molecular weight excluding hydrogens is 383 g/mol. The van der Waals surface area contributed by atoms with Crippen molar-refractivity contribution in [3.8, 4) is 10.9 Å². The fourth-order valence-electron chi connectivity index (χ4n) is 3.11. The van der Waals surface area contributed by atoms with E-state index in [1.54, 1.807) is 12.1 Å². The van der Waals surface area contributed by atoms with E-state index in [0.717, 1.165) is 12.8 Å². The number of carbonyl (C=O) groups is 1. The van der Waals surface area contributed by atoms with Crippen LogP contribution in [0.4, 0.5) is 4.39 Å². The summed E-state index contributed by atoms with van der Waals surface area (Å²) in [7, 11) is 0. The van der Waals surface area contributed by atoms with Gasteiger partial charge in [-0.25, -0.2) is 9.37 Å². The van der Waals surface area contributed by atoms with Crippen molar-refractivity contribution in [2.75, 3.05) is 13.2 Å². The summed E-state index contributed by atoms with van der Waals surface area (Å²) in [5.41, 5.74) is 0.580. The molecule has 0 saturated heterocycles. The van der Waals surface area contributed by atoms with Crippen LogP contribution < -0.4 is 14.8 Å². The molecule has 3 rings (SSSR count). The number of amides is 1. The van der Waals surface area contributed by atoms with E-state index in [9.17, 15) is 9.18 Å². The Balaban J connectivity index is 1.46. The Kier molecular flexibility index (Phi) is 6.72. The lowest BCUT2D eigenvalue weighted by molar-refractivity contribution is -0.120. The third-order valence-corrected chi connectivity index (χ3v) is 5.43. The molecular formula is C20H27FN2O4S. The first-order valence-electron chi connectivity index (χ1n) is 9.59. The van der Waals surface area contributed by atoms with Crippen LogP contribution in [0.5, 0.6) is 10.9 Å². The number of hydrogen-bond donors (Lipinski definition) is 1. The first-order valence-corrected chi connectivity index (χ1v) is 10.4. The largest absolute Gasteiger partial charge is 0.490 e. The van der Waals surface area contributed by atoms with Gasteiger partial charge in [0, 0.05) is 13.0 Å². The minimum Gasteiger partial charge on any atom is -0.490 e. The number of benzene rings is 1. The molecule has 1 fully saturated rings. The van der Waals surface area contributed by atoms with Crippen LogP contribution >= 0.6 is 11.3 Å². The van der Waals surface area contributed by atoms with Gasteiger partial charge in [0.1, 0.15) is 0 Å². The molecule has 0 aliphatic heterocycles. The number of hydrogen-bond acceptors (Lipinski definition) is 6. The first-order chi connectivity index (χ1) is 13.3. The van der Waals surface area contributed by atoms with Gasteiger partial charge in [0.15, 0.2) is 11.6 Å². The van der Waals surface area contributed by atoms with Crippen LogP contribution in [0.2, 0.25) is 0 Å². The summed E-state index contributed by atoms with van der Waals surface area (Å²) in [6.45, 7) is 8.18. The number of nitrogens with one attached hydrogen (secondary N) is 1. The molecule has 1 aromatic heterocycles. The molecule has 1 aliphatic carbocycles. The minimum atomic E-state index is -0.384. The number of thiazole rings is 1. The van der Waals surface area contributed by atoms with Crippen molar-refractivity contribution in [1.82, 2.24) is 10.3 Å². The molecule has 1 atom stereocenters. The van der Waals surface area contributed by atoms with Crippen molar-refractivity contribution >= 4 is 27.5 Å². The van der Waals surface area contributed by atoms with E-state index in [4.69, 9.17) is 14.2 Å². The number of aromatic nitrogens is 1. The van der Waals surface area contributed by atoms with Crippen LogP contribution in [0.1, 0.15) is 40.5 Å². The fraction of sp³-hybridized carbons (Fsp3) is 0.600. The van der Waals surface area contributed by atoms with E-state index >= 15 is 0 Å². The number of carbonyl (C=O) groups excluding carboxylic acids is 1. The molecule has 1 N–H and O–H groups in total. The lowest BCUT2D eigenvalue weighted by Crippen LogP contribution is -2.40. The average Bonchev–Trinajstić information content (AvgIpc) is 2.96. The molecule has 0 unspecified atom stereocenters. The van der Waals surface area contributed by atoms with Crippen LogP contribution in [-0.4, -0.2) is 42.4 Å². The highest BCUT2D eigenvalue weighted by atomic mass is 32.1. The van der Waals surface area contributed by atoms with Crippen LogP contribution in [0.3, 0.4) is 0 Å². The zero-order valence-electron chi connectivity index (χ0n) is 16.7. The van der Waals surface area contributed by atoms with Gasteiger partial charge in [-0.2, -0.15) is 0 Å². The van der Waals surface area contributed by atoms with Crippen molar-refractivity contribution in [3.63, 3.8) is 0 Å². The first kappa shape index (κ1) is 20.8. The summed E-state index contributed by atoms with van der Waals surface area (Å²) in [4.78, 5) is 15.3. The highest BCUT2D eigenvalue weighted by Crippen LogP contribution is 2.36. The second-order valence-corrected chi connectivity index (χ2v) is 8.54. The quantitative estimate of drug-likeness (QED) is 0.679. The molecule has 6 nitrogen and oxygen atoms in total. The second kappa shape index (κ2) is 9.05. The summed E-state index contributed by atoms with van der Waals surface area (Å²) in [6.07, 6.45) is 1.93. The fourth-order valence-corrected chi connectivity index (χ4v) is 4.08. The predicted octanol–water partition coefficient (Wildman–Crippen LogP) is 3.92. The number of ether oxygens (including phenoxy) is 3. The molecule has 0 bridgehead atoms. The molecule has 28 heavy (non-hydrogen) atoms. The van der Waals surface area contributed by atoms with E-state index in [1.165, 1.54) is 18.3 Å². The van der Waals surface area contributed by atoms with Gasteiger partial charge in [0.05, 0.1) is 35.6 Å². The molecule has 154 valence electrons. The van der Waals surface area contributed by atoms with Crippen molar-refractivity contribution in [1.29, 1.82) is 0 Å². The molecule has 8 heteroatoms. The Hall–Kier alpha value is -1.93. The average molecular weight is 411 g/mol. The van der Waals surface area contributed by atoms with Gasteiger partial charge in [-0.05, 0) is 51.7 Å². The summed E-state index contributed by atoms with van der Waals surface area (Å²) in [5, 5.41) is 3.26. The van der Waals surface area contributed by atoms with Gasteiger partial charge in [0.2, 0.25) is 5.91 Å². The summed E-state index contributed by atoms with van der Waals surface area (Å²) >= 11 is 1.20. The highest BCUT2D eigenvalue weighted by Gasteiger charge is 2.31. The van der Waals surface area contributed by atoms with E-state index in [-0.39, 0.29) is 35.7 Å². The summed E-state index contributed by atoms with van der Waals surface area (Å²) in [5.74, 6) is 0.150. The summed E-state index contributed by atoms with van der Waals surface area (Å²) in [6, 6.07) is 3.38. The smallest absolute Gasteiger partial charge is 0.274 e. The third-order valence-electron chi connectivity index (χ3n) is 4.48. The third kappa shape index (κ3) is 5.32. The lowest BCUT2D eigenvalue weighted by Gasteiger charge is -2.35. The molecule has 1 aliphatic rings. The zero-order valence-corrected chi connectivity index (χ0v) is 17.5. The topological polar surface area (TPSA) is 69.7 Å². The van der Waals surface area contributed by atoms with E-state index in [2.05, 4.69) is 10.3 Å². The van der Waals surface area contributed by atoms with Gasteiger partial charge in [-0.15, -0.1) is 0 Å². The Morgan fingerprint density at radius 3 is 2.79 bits per heavy atom. The van der Waals surface area contributed by atoms with E-state index in [1.807, 2.05) is 20.8 Å². The lowest BCUT2D eigenvalue weighted by atomic mass is 9.83. The van der Waals surface area contributed by atoms with Crippen LogP contribution in [0.15, 0.2) is 12.1 Å². The Morgan fingerprint density at radius 1 is 1.36 bits per heavy atom. The Labute approximate surface area is 168 Å². The van der Waals surface area contributed by atoms with Crippen LogP contribution in [0, 0.1) is 11.7 Å². The second-order valence-electron chi connectivity index (χ2n) is 7.58. The van der Waals surface area contributed by atoms with E-state index in [0.29, 0.717) is 34.5 Å². The Morgan fingerprint density at radius 2 is 2.11 bits per heavy atom. The molecule has 2 aromatic rings. The monoisotopic (exact) mass is 410 g/mol. The van der Waals surface area contributed by atoms with Gasteiger partial charge in [-0.1, -0.05) is 11.3 Å². The number of rotatable bonds is 9. The normalized spacial score (nSPS) is 20.1. The van der Waals surface area contributed by atoms with Gasteiger partial charge < -0.3 is 19.5 Å². The maximum Gasteiger partial charge on any atom is 0.274 e. The van der Waals surface area contributed by atoms with Gasteiger partial charge in [-0.3, -0.25) is 4.79 Å². The molecule has 0 radical (unpaired) electrons. The van der Waals surface area contributed by atoms with Gasteiger partial charge >= 0.3 is 0 Å². The molecule has 1 amide bonds. The maximum absolute atomic E-state index is 14.7. The molecule has 1 aromatic carbocycles. The Bertz CT molecular complexity index is 820. The standard InChI is InChI=1S/C20H27FN2O4S/c1-11(2)27-20-23-16-5-6-17(18(21)19(16)28-20)26-10-14-7-15(8-14)25-9-12(3)22-13(4)24/h5-6,11-12,14-15H,7-10H2,1-4H3,(H,22,24)/t12-,14?,15?/m0/s1. The highest BCUT2D eigenvalue weighted by molar-refractivity contribution is 7.20. The zero-order chi connectivity index (χ0) is 20.3. The van der Waals surface area contributed by atoms with Crippen LogP contribution in [-0.2, 0) is 9.53 Å². The number of nitrogens with zero attached hydrogens (tertiary/aromatic N) is 1. The van der Waals surface area contributed by atoms with Crippen LogP contribution in [0.25, 0.3) is 10.2 Å². The molecule has 1 saturated carbocycles. The van der Waals surface area contributed by atoms with E-state index < -0.39 is 0 Å². The van der Waals surface area contributed by atoms with Crippen molar-refractivity contribution in [2.45, 2.75) is 58.8 Å². The molecule has 0 spiro atoms. The minimum absolute atomic E-state index is 0.00223. The van der Waals surface area contributed by atoms with Crippen molar-refractivity contribution < 1.29 is 23.4 Å². The van der Waals surface area contributed by atoms with Gasteiger partial charge in [0.25, 0.3) is 5.19 Å². The SMILES string of the molecule is CC(=O)N[C@@H](C)COC1CC(COc2ccc3nc(OC(C)C)sc3c2F)C1. The maximum atomic E-state index is 14.7. The number of fused-ring (bicyclic) bond motifs is 1. The van der Waals surface area contributed by atoms with Crippen molar-refractivity contribution in [3.05, 3.63) is 17.9 Å².